The van der Waals surface area contributed by atoms with Gasteiger partial charge in [-0.05, 0) is 18.2 Å². The summed E-state index contributed by atoms with van der Waals surface area (Å²) in [5.41, 5.74) is 1.94. The van der Waals surface area contributed by atoms with Crippen LogP contribution in [0.4, 0.5) is 0 Å². The quantitative estimate of drug-likeness (QED) is 0.597. The third-order valence-electron chi connectivity index (χ3n) is 4.80. The van der Waals surface area contributed by atoms with E-state index >= 15 is 0 Å². The van der Waals surface area contributed by atoms with Gasteiger partial charge in [0.05, 0.1) is 24.2 Å². The van der Waals surface area contributed by atoms with E-state index in [-0.39, 0.29) is 17.5 Å². The molecule has 2 atom stereocenters. The molecule has 0 bridgehead atoms. The maximum absolute atomic E-state index is 12.5. The third-order valence-corrected chi connectivity index (χ3v) is 4.80. The molecule has 0 fully saturated rings. The van der Waals surface area contributed by atoms with Crippen LogP contribution in [0.25, 0.3) is 11.0 Å². The van der Waals surface area contributed by atoms with Crippen molar-refractivity contribution >= 4 is 11.0 Å². The van der Waals surface area contributed by atoms with E-state index < -0.39 is 0 Å². The summed E-state index contributed by atoms with van der Waals surface area (Å²) in [4.78, 5) is 12.5. The Balaban J connectivity index is 1.74. The fraction of sp³-hybridized carbons (Fsp3) is 0.211. The van der Waals surface area contributed by atoms with Crippen molar-refractivity contribution in [3.05, 3.63) is 70.1 Å². The summed E-state index contributed by atoms with van der Waals surface area (Å²) in [5.74, 6) is 1.62. The highest BCUT2D eigenvalue weighted by Gasteiger charge is 2.40. The average Bonchev–Trinajstić information content (AvgIpc) is 2.61. The van der Waals surface area contributed by atoms with Gasteiger partial charge in [0.15, 0.2) is 0 Å². The monoisotopic (exact) mass is 306 g/mol. The highest BCUT2D eigenvalue weighted by Crippen LogP contribution is 2.48. The van der Waals surface area contributed by atoms with E-state index in [2.05, 4.69) is 0 Å². The van der Waals surface area contributed by atoms with Crippen LogP contribution < -0.4 is 15.1 Å². The van der Waals surface area contributed by atoms with Gasteiger partial charge in [-0.15, -0.1) is 0 Å². The molecule has 5 rings (SSSR count). The Morgan fingerprint density at radius 3 is 2.61 bits per heavy atom. The fourth-order valence-electron chi connectivity index (χ4n) is 3.71. The predicted molar refractivity (Wildman–Crippen MR) is 85.4 cm³/mol. The topological polar surface area (TPSA) is 48.7 Å². The van der Waals surface area contributed by atoms with Crippen molar-refractivity contribution < 1.29 is 13.9 Å². The summed E-state index contributed by atoms with van der Waals surface area (Å²) < 4.78 is 17.4. The van der Waals surface area contributed by atoms with Crippen molar-refractivity contribution in [2.75, 3.05) is 13.2 Å². The van der Waals surface area contributed by atoms with Crippen LogP contribution in [-0.2, 0) is 0 Å². The van der Waals surface area contributed by atoms with E-state index in [1.54, 1.807) is 6.07 Å². The Hall–Kier alpha value is -2.75. The number of benzene rings is 2. The molecule has 0 saturated carbocycles. The molecular formula is C19H14O4. The first-order valence-corrected chi connectivity index (χ1v) is 7.73. The molecule has 1 aromatic heterocycles. The number of ether oxygens (including phenoxy) is 2. The second-order valence-corrected chi connectivity index (χ2v) is 6.00. The lowest BCUT2D eigenvalue weighted by molar-refractivity contribution is 0.166. The Morgan fingerprint density at radius 1 is 0.870 bits per heavy atom. The van der Waals surface area contributed by atoms with Crippen molar-refractivity contribution in [2.24, 2.45) is 0 Å². The van der Waals surface area contributed by atoms with Crippen LogP contribution in [0.2, 0.25) is 0 Å². The molecule has 0 radical (unpaired) electrons. The summed E-state index contributed by atoms with van der Waals surface area (Å²) in [7, 11) is 0. The van der Waals surface area contributed by atoms with Gasteiger partial charge in [-0.1, -0.05) is 30.3 Å². The second-order valence-electron chi connectivity index (χ2n) is 6.00. The van der Waals surface area contributed by atoms with Crippen LogP contribution >= 0.6 is 0 Å². The van der Waals surface area contributed by atoms with Crippen LogP contribution in [0.3, 0.4) is 0 Å². The fourth-order valence-corrected chi connectivity index (χ4v) is 3.71. The van der Waals surface area contributed by atoms with Gasteiger partial charge >= 0.3 is 5.63 Å². The van der Waals surface area contributed by atoms with E-state index in [1.807, 2.05) is 42.5 Å². The number of hydrogen-bond donors (Lipinski definition) is 0. The van der Waals surface area contributed by atoms with Crippen molar-refractivity contribution in [2.45, 2.75) is 11.8 Å². The number of hydrogen-bond acceptors (Lipinski definition) is 4. The average molecular weight is 306 g/mol. The van der Waals surface area contributed by atoms with Gasteiger partial charge in [0.25, 0.3) is 0 Å². The van der Waals surface area contributed by atoms with Crippen LogP contribution in [0.15, 0.2) is 57.7 Å². The van der Waals surface area contributed by atoms with Crippen molar-refractivity contribution in [1.82, 2.24) is 0 Å². The minimum atomic E-state index is -0.323. The molecule has 0 spiro atoms. The van der Waals surface area contributed by atoms with E-state index in [4.69, 9.17) is 13.9 Å². The lowest BCUT2D eigenvalue weighted by Gasteiger charge is -2.37. The molecule has 23 heavy (non-hydrogen) atoms. The zero-order chi connectivity index (χ0) is 15.4. The van der Waals surface area contributed by atoms with Gasteiger partial charge in [0.1, 0.15) is 17.1 Å². The Morgan fingerprint density at radius 2 is 1.65 bits per heavy atom. The molecule has 114 valence electrons. The maximum Gasteiger partial charge on any atom is 0.343 e. The maximum atomic E-state index is 12.5. The first-order valence-electron chi connectivity index (χ1n) is 7.73. The summed E-state index contributed by atoms with van der Waals surface area (Å²) in [6, 6.07) is 15.4. The van der Waals surface area contributed by atoms with Gasteiger partial charge in [-0.25, -0.2) is 4.79 Å². The Labute approximate surface area is 132 Å². The molecule has 3 aromatic rings. The van der Waals surface area contributed by atoms with Crippen LogP contribution in [0, 0.1) is 0 Å². The molecule has 4 nitrogen and oxygen atoms in total. The number of rotatable bonds is 0. The normalized spacial score (nSPS) is 21.6. The van der Waals surface area contributed by atoms with E-state index in [9.17, 15) is 4.79 Å². The number of fused-ring (bicyclic) bond motifs is 7. The van der Waals surface area contributed by atoms with Crippen molar-refractivity contribution in [1.29, 1.82) is 0 Å². The van der Waals surface area contributed by atoms with Crippen LogP contribution in [0.5, 0.6) is 11.5 Å². The zero-order valence-corrected chi connectivity index (χ0v) is 12.3. The lowest BCUT2D eigenvalue weighted by Crippen LogP contribution is -2.35. The van der Waals surface area contributed by atoms with Gasteiger partial charge in [-0.3, -0.25) is 0 Å². The standard InChI is InChI=1S/C19H14O4/c20-19-17-14-10-21-15-7-3-1-5-11(15)13(14)9-22-18(17)12-6-2-4-8-16(12)23-19/h1-8,13-14H,9-10H2/t13-,14-/m1/s1. The van der Waals surface area contributed by atoms with Crippen LogP contribution in [-0.4, -0.2) is 13.2 Å². The molecule has 2 aliphatic heterocycles. The van der Waals surface area contributed by atoms with Gasteiger partial charge in [0.2, 0.25) is 0 Å². The minimum absolute atomic E-state index is 0.0329. The van der Waals surface area contributed by atoms with Crippen molar-refractivity contribution in [3.63, 3.8) is 0 Å². The van der Waals surface area contributed by atoms with Crippen molar-refractivity contribution in [3.8, 4) is 11.5 Å². The molecule has 0 amide bonds. The number of para-hydroxylation sites is 2. The molecule has 3 heterocycles. The third kappa shape index (κ3) is 1.75. The molecule has 0 N–H and O–H groups in total. The summed E-state index contributed by atoms with van der Waals surface area (Å²) in [6.45, 7) is 1.02. The molecule has 0 unspecified atom stereocenters. The Bertz CT molecular complexity index is 973. The molecule has 0 aliphatic carbocycles. The molecule has 2 aromatic carbocycles. The molecule has 4 heteroatoms. The van der Waals surface area contributed by atoms with Gasteiger partial charge < -0.3 is 13.9 Å². The lowest BCUT2D eigenvalue weighted by atomic mass is 9.79. The molecule has 0 saturated heterocycles. The molecular weight excluding hydrogens is 292 g/mol. The Kier molecular flexibility index (Phi) is 2.56. The van der Waals surface area contributed by atoms with Gasteiger partial charge in [-0.2, -0.15) is 0 Å². The predicted octanol–water partition coefficient (Wildman–Crippen LogP) is 3.45. The van der Waals surface area contributed by atoms with E-state index in [0.717, 1.165) is 16.7 Å². The SMILES string of the molecule is O=c1oc2ccccc2c2c1[C@@H]1COc3ccccc3[C@H]1CO2. The summed E-state index contributed by atoms with van der Waals surface area (Å²) >= 11 is 0. The van der Waals surface area contributed by atoms with E-state index in [1.165, 1.54) is 0 Å². The van der Waals surface area contributed by atoms with E-state index in [0.29, 0.717) is 30.1 Å². The second kappa shape index (κ2) is 4.62. The molecule has 2 aliphatic rings. The minimum Gasteiger partial charge on any atom is -0.493 e. The summed E-state index contributed by atoms with van der Waals surface area (Å²) in [5, 5.41) is 0.847. The highest BCUT2D eigenvalue weighted by atomic mass is 16.5. The van der Waals surface area contributed by atoms with Gasteiger partial charge in [0, 0.05) is 17.4 Å². The largest absolute Gasteiger partial charge is 0.493 e. The first kappa shape index (κ1) is 12.8. The van der Waals surface area contributed by atoms with Crippen LogP contribution in [0.1, 0.15) is 23.0 Å². The summed E-state index contributed by atoms with van der Waals surface area (Å²) in [6.07, 6.45) is 0. The highest BCUT2D eigenvalue weighted by molar-refractivity contribution is 5.85. The first-order chi connectivity index (χ1) is 11.3. The smallest absolute Gasteiger partial charge is 0.343 e. The zero-order valence-electron chi connectivity index (χ0n) is 12.3.